The summed E-state index contributed by atoms with van der Waals surface area (Å²) in [5.74, 6) is -0.754. The van der Waals surface area contributed by atoms with Crippen LogP contribution in [0.2, 0.25) is 0 Å². The zero-order valence-corrected chi connectivity index (χ0v) is 8.33. The summed E-state index contributed by atoms with van der Waals surface area (Å²) < 4.78 is 0.999. The molecule has 1 unspecified atom stereocenters. The molecule has 1 N–H and O–H groups in total. The van der Waals surface area contributed by atoms with Gasteiger partial charge in [-0.05, 0) is 35.9 Å². The van der Waals surface area contributed by atoms with E-state index < -0.39 is 11.4 Å². The maximum Gasteiger partial charge on any atom is 0.313 e. The van der Waals surface area contributed by atoms with Crippen LogP contribution in [0.25, 0.3) is 0 Å². The Morgan fingerprint density at radius 1 is 1.82 bits per heavy atom. The van der Waals surface area contributed by atoms with Gasteiger partial charge in [-0.15, -0.1) is 0 Å². The number of carbonyl (C=O) groups is 1. The van der Waals surface area contributed by atoms with Gasteiger partial charge in [0, 0.05) is 3.58 Å². The van der Waals surface area contributed by atoms with Crippen LogP contribution in [0.15, 0.2) is 21.8 Å². The molecule has 11 heavy (non-hydrogen) atoms. The van der Waals surface area contributed by atoms with Gasteiger partial charge in [-0.25, -0.2) is 0 Å². The van der Waals surface area contributed by atoms with Crippen LogP contribution in [0.3, 0.4) is 0 Å². The van der Waals surface area contributed by atoms with Crippen LogP contribution in [0.1, 0.15) is 13.3 Å². The van der Waals surface area contributed by atoms with E-state index in [9.17, 15) is 4.79 Å². The smallest absolute Gasteiger partial charge is 0.313 e. The minimum atomic E-state index is -0.754. The molecule has 0 saturated carbocycles. The molecule has 2 nitrogen and oxygen atoms in total. The van der Waals surface area contributed by atoms with Crippen molar-refractivity contribution in [1.82, 2.24) is 0 Å². The first kappa shape index (κ1) is 8.77. The van der Waals surface area contributed by atoms with Crippen LogP contribution < -0.4 is 0 Å². The first-order chi connectivity index (χ1) is 5.04. The second-order valence-corrected chi connectivity index (χ2v) is 4.10. The van der Waals surface area contributed by atoms with Crippen molar-refractivity contribution in [2.24, 2.45) is 5.41 Å². The van der Waals surface area contributed by atoms with Crippen molar-refractivity contribution in [1.29, 1.82) is 0 Å². The Morgan fingerprint density at radius 2 is 2.45 bits per heavy atom. The maximum absolute atomic E-state index is 10.7. The summed E-state index contributed by atoms with van der Waals surface area (Å²) in [5.41, 5.74) is -0.689. The fourth-order valence-corrected chi connectivity index (χ4v) is 1.92. The zero-order chi connectivity index (χ0) is 8.48. The van der Waals surface area contributed by atoms with E-state index in [1.807, 2.05) is 12.2 Å². The Morgan fingerprint density at radius 3 is 2.82 bits per heavy atom. The number of carboxylic acid groups (broad SMARTS) is 1. The Labute approximate surface area is 79.1 Å². The van der Waals surface area contributed by atoms with E-state index in [-0.39, 0.29) is 0 Å². The van der Waals surface area contributed by atoms with Crippen molar-refractivity contribution < 1.29 is 9.90 Å². The Balaban J connectivity index is 2.92. The zero-order valence-electron chi connectivity index (χ0n) is 6.17. The number of aliphatic carboxylic acids is 1. The third-order valence-electron chi connectivity index (χ3n) is 1.76. The van der Waals surface area contributed by atoms with Crippen molar-refractivity contribution in [3.8, 4) is 0 Å². The summed E-state index contributed by atoms with van der Waals surface area (Å²) in [4.78, 5) is 10.7. The highest BCUT2D eigenvalue weighted by Gasteiger charge is 2.30. The Kier molecular flexibility index (Phi) is 2.37. The average molecular weight is 264 g/mol. The quantitative estimate of drug-likeness (QED) is 0.738. The fraction of sp³-hybridized carbons (Fsp3) is 0.375. The lowest BCUT2D eigenvalue weighted by atomic mass is 9.84. The monoisotopic (exact) mass is 264 g/mol. The molecule has 0 bridgehead atoms. The largest absolute Gasteiger partial charge is 0.481 e. The van der Waals surface area contributed by atoms with Gasteiger partial charge in [-0.3, -0.25) is 4.79 Å². The number of allylic oxidation sites excluding steroid dienone is 3. The number of hydrogen-bond donors (Lipinski definition) is 1. The molecule has 1 aliphatic carbocycles. The van der Waals surface area contributed by atoms with E-state index in [2.05, 4.69) is 22.6 Å². The lowest BCUT2D eigenvalue weighted by molar-refractivity contribution is -0.145. The molecule has 0 fully saturated rings. The molecule has 0 radical (unpaired) electrons. The van der Waals surface area contributed by atoms with Gasteiger partial charge in [0.05, 0.1) is 5.41 Å². The molecule has 0 aromatic rings. The average Bonchev–Trinajstić information content (AvgIpc) is 1.86. The maximum atomic E-state index is 10.7. The normalized spacial score (nSPS) is 29.8. The van der Waals surface area contributed by atoms with Crippen LogP contribution in [0.5, 0.6) is 0 Å². The van der Waals surface area contributed by atoms with E-state index in [1.165, 1.54) is 0 Å². The van der Waals surface area contributed by atoms with Gasteiger partial charge in [0.15, 0.2) is 0 Å². The first-order valence-corrected chi connectivity index (χ1v) is 4.41. The molecule has 0 aromatic carbocycles. The summed E-state index contributed by atoms with van der Waals surface area (Å²) in [5, 5.41) is 8.83. The number of carboxylic acids is 1. The van der Waals surface area contributed by atoms with E-state index in [0.717, 1.165) is 3.58 Å². The van der Waals surface area contributed by atoms with Gasteiger partial charge >= 0.3 is 5.97 Å². The molecule has 3 heteroatoms. The molecule has 0 spiro atoms. The Hall–Kier alpha value is -0.320. The third-order valence-corrected chi connectivity index (χ3v) is 2.43. The molecule has 60 valence electrons. The van der Waals surface area contributed by atoms with Crippen molar-refractivity contribution in [3.05, 3.63) is 21.8 Å². The van der Waals surface area contributed by atoms with E-state index in [1.54, 1.807) is 13.0 Å². The van der Waals surface area contributed by atoms with Crippen molar-refractivity contribution >= 4 is 28.6 Å². The lowest BCUT2D eigenvalue weighted by Crippen LogP contribution is -2.25. The minimum Gasteiger partial charge on any atom is -0.481 e. The van der Waals surface area contributed by atoms with Crippen molar-refractivity contribution in [2.75, 3.05) is 0 Å². The molecule has 0 aromatic heterocycles. The Bertz CT molecular complexity index is 242. The van der Waals surface area contributed by atoms with Gasteiger partial charge in [0.2, 0.25) is 0 Å². The molecule has 1 rings (SSSR count). The fourth-order valence-electron chi connectivity index (χ4n) is 0.977. The molecular weight excluding hydrogens is 255 g/mol. The predicted molar refractivity (Wildman–Crippen MR) is 51.6 cm³/mol. The predicted octanol–water partition coefficient (Wildman–Crippen LogP) is 2.36. The van der Waals surface area contributed by atoms with Crippen molar-refractivity contribution in [2.45, 2.75) is 13.3 Å². The lowest BCUT2D eigenvalue weighted by Gasteiger charge is -2.21. The highest BCUT2D eigenvalue weighted by atomic mass is 127. The molecule has 0 aliphatic heterocycles. The third kappa shape index (κ3) is 1.83. The van der Waals surface area contributed by atoms with Crippen LogP contribution in [0, 0.1) is 5.41 Å². The van der Waals surface area contributed by atoms with Crippen LogP contribution in [-0.4, -0.2) is 11.1 Å². The molecule has 1 atom stereocenters. The molecule has 0 amide bonds. The summed E-state index contributed by atoms with van der Waals surface area (Å²) in [6, 6.07) is 0. The molecular formula is C8H9IO2. The number of halogens is 1. The molecule has 1 aliphatic rings. The van der Waals surface area contributed by atoms with Gasteiger partial charge < -0.3 is 5.11 Å². The van der Waals surface area contributed by atoms with E-state index >= 15 is 0 Å². The second-order valence-electron chi connectivity index (χ2n) is 2.86. The first-order valence-electron chi connectivity index (χ1n) is 3.33. The van der Waals surface area contributed by atoms with Crippen LogP contribution in [-0.2, 0) is 4.79 Å². The highest BCUT2D eigenvalue weighted by Crippen LogP contribution is 2.31. The standard InChI is InChI=1S/C8H9IO2/c1-8(7(10)11)4-2-3-6(9)5-8/h2-3,5H,4H2,1H3,(H,10,11). The van der Waals surface area contributed by atoms with Crippen LogP contribution in [0.4, 0.5) is 0 Å². The number of rotatable bonds is 1. The van der Waals surface area contributed by atoms with Gasteiger partial charge in [0.1, 0.15) is 0 Å². The minimum absolute atomic E-state index is 0.592. The number of hydrogen-bond acceptors (Lipinski definition) is 1. The summed E-state index contributed by atoms with van der Waals surface area (Å²) in [7, 11) is 0. The molecule has 0 heterocycles. The van der Waals surface area contributed by atoms with Crippen molar-refractivity contribution in [3.63, 3.8) is 0 Å². The van der Waals surface area contributed by atoms with E-state index in [4.69, 9.17) is 5.11 Å². The van der Waals surface area contributed by atoms with Gasteiger partial charge in [-0.2, -0.15) is 0 Å². The summed E-state index contributed by atoms with van der Waals surface area (Å²) >= 11 is 2.13. The SMILES string of the molecule is CC1(C(=O)O)C=C(I)C=CC1. The summed E-state index contributed by atoms with van der Waals surface area (Å²) in [6.45, 7) is 1.73. The molecule has 0 saturated heterocycles. The second kappa shape index (κ2) is 2.97. The van der Waals surface area contributed by atoms with Gasteiger partial charge in [0.25, 0.3) is 0 Å². The van der Waals surface area contributed by atoms with Gasteiger partial charge in [-0.1, -0.05) is 18.2 Å². The highest BCUT2D eigenvalue weighted by molar-refractivity contribution is 14.1. The summed E-state index contributed by atoms with van der Waals surface area (Å²) in [6.07, 6.45) is 6.21. The van der Waals surface area contributed by atoms with Crippen LogP contribution >= 0.6 is 22.6 Å². The topological polar surface area (TPSA) is 37.3 Å². The van der Waals surface area contributed by atoms with E-state index in [0.29, 0.717) is 6.42 Å².